The Kier molecular flexibility index (Phi) is 5.38. The summed E-state index contributed by atoms with van der Waals surface area (Å²) < 4.78 is 3.03. The summed E-state index contributed by atoms with van der Waals surface area (Å²) in [5.41, 5.74) is 4.13. The molecule has 1 aromatic heterocycles. The molecule has 32 heavy (non-hydrogen) atoms. The van der Waals surface area contributed by atoms with Crippen molar-refractivity contribution in [2.45, 2.75) is 5.54 Å². The number of imidazole rings is 1. The van der Waals surface area contributed by atoms with Gasteiger partial charge in [-0.25, -0.2) is 4.98 Å². The van der Waals surface area contributed by atoms with Gasteiger partial charge in [-0.3, -0.25) is 0 Å². The molecule has 0 aliphatic heterocycles. The molecule has 0 saturated heterocycles. The first-order chi connectivity index (χ1) is 15.7. The first-order valence-electron chi connectivity index (χ1n) is 10.4. The Bertz CT molecular complexity index is 1240. The fourth-order valence-corrected chi connectivity index (χ4v) is 4.71. The number of rotatable bonds is 5. The third kappa shape index (κ3) is 3.43. The van der Waals surface area contributed by atoms with Crippen molar-refractivity contribution in [3.63, 3.8) is 0 Å². The molecule has 0 fully saturated rings. The van der Waals surface area contributed by atoms with E-state index in [4.69, 9.17) is 4.98 Å². The van der Waals surface area contributed by atoms with Gasteiger partial charge < -0.3 is 9.67 Å². The normalized spacial score (nSPS) is 11.4. The lowest BCUT2D eigenvalue weighted by molar-refractivity contribution is 0.477. The number of aromatic nitrogens is 2. The summed E-state index contributed by atoms with van der Waals surface area (Å²) in [6, 6.07) is 36.7. The van der Waals surface area contributed by atoms with E-state index >= 15 is 0 Å². The van der Waals surface area contributed by atoms with Crippen LogP contribution in [-0.2, 0) is 5.54 Å². The molecule has 156 valence electrons. The Hall–Kier alpha value is -3.63. The SMILES string of the molecule is Oc1ccc(Br)cc1-c1cn(C(c2ccccc2)(c2ccccc2)c2ccccc2)cn1. The molecule has 0 aliphatic carbocycles. The van der Waals surface area contributed by atoms with E-state index in [0.29, 0.717) is 11.3 Å². The second kappa shape index (κ2) is 8.48. The summed E-state index contributed by atoms with van der Waals surface area (Å²) in [6.45, 7) is 0. The number of aromatic hydroxyl groups is 1. The van der Waals surface area contributed by atoms with Gasteiger partial charge in [0.1, 0.15) is 11.3 Å². The zero-order valence-corrected chi connectivity index (χ0v) is 18.9. The Balaban J connectivity index is 1.82. The standard InChI is InChI=1S/C28H21BrN2O/c29-24-16-17-27(32)25(18-24)26-19-31(20-30-26)28(21-10-4-1-5-11-21,22-12-6-2-7-13-22)23-14-8-3-9-15-23/h1-20,32H. The molecule has 1 N–H and O–H groups in total. The highest BCUT2D eigenvalue weighted by Gasteiger charge is 2.38. The van der Waals surface area contributed by atoms with Crippen LogP contribution in [0, 0.1) is 0 Å². The highest BCUT2D eigenvalue weighted by atomic mass is 79.9. The predicted molar refractivity (Wildman–Crippen MR) is 132 cm³/mol. The summed E-state index contributed by atoms with van der Waals surface area (Å²) in [6.07, 6.45) is 3.86. The minimum atomic E-state index is -0.628. The van der Waals surface area contributed by atoms with Crippen molar-refractivity contribution in [1.29, 1.82) is 0 Å². The molecule has 0 atom stereocenters. The molecule has 0 radical (unpaired) electrons. The molecule has 3 nitrogen and oxygen atoms in total. The molecule has 0 aliphatic rings. The van der Waals surface area contributed by atoms with E-state index < -0.39 is 5.54 Å². The summed E-state index contributed by atoms with van der Waals surface area (Å²) in [5, 5.41) is 10.5. The van der Waals surface area contributed by atoms with Gasteiger partial charge >= 0.3 is 0 Å². The second-order valence-corrected chi connectivity index (χ2v) is 8.55. The largest absolute Gasteiger partial charge is 0.507 e. The third-order valence-corrected chi connectivity index (χ3v) is 6.27. The zero-order valence-electron chi connectivity index (χ0n) is 17.3. The van der Waals surface area contributed by atoms with Gasteiger partial charge in [-0.1, -0.05) is 107 Å². The number of hydrogen-bond acceptors (Lipinski definition) is 2. The number of nitrogens with zero attached hydrogens (tertiary/aromatic N) is 2. The molecule has 4 aromatic carbocycles. The topological polar surface area (TPSA) is 38.0 Å². The van der Waals surface area contributed by atoms with Crippen LogP contribution in [0.15, 0.2) is 126 Å². The van der Waals surface area contributed by atoms with Gasteiger partial charge in [0, 0.05) is 16.2 Å². The molecule has 4 heteroatoms. The Morgan fingerprint density at radius 1 is 0.688 bits per heavy atom. The van der Waals surface area contributed by atoms with Crippen molar-refractivity contribution < 1.29 is 5.11 Å². The van der Waals surface area contributed by atoms with Crippen LogP contribution in [0.4, 0.5) is 0 Å². The Morgan fingerprint density at radius 3 is 1.69 bits per heavy atom. The van der Waals surface area contributed by atoms with E-state index in [1.165, 1.54) is 0 Å². The molecular formula is C28H21BrN2O. The number of halogens is 1. The highest BCUT2D eigenvalue weighted by molar-refractivity contribution is 9.10. The van der Waals surface area contributed by atoms with Gasteiger partial charge in [-0.05, 0) is 34.9 Å². The number of benzene rings is 4. The van der Waals surface area contributed by atoms with E-state index in [-0.39, 0.29) is 5.75 Å². The first-order valence-corrected chi connectivity index (χ1v) is 11.2. The summed E-state index contributed by atoms with van der Waals surface area (Å²) >= 11 is 3.50. The monoisotopic (exact) mass is 480 g/mol. The number of phenols is 1. The second-order valence-electron chi connectivity index (χ2n) is 7.64. The van der Waals surface area contributed by atoms with Crippen LogP contribution in [0.3, 0.4) is 0 Å². The molecule has 0 saturated carbocycles. The molecule has 1 heterocycles. The van der Waals surface area contributed by atoms with Crippen LogP contribution in [0.25, 0.3) is 11.3 Å². The maximum Gasteiger partial charge on any atom is 0.125 e. The average Bonchev–Trinajstić information content (AvgIpc) is 3.33. The van der Waals surface area contributed by atoms with Crippen molar-refractivity contribution in [3.8, 4) is 17.0 Å². The van der Waals surface area contributed by atoms with Crippen LogP contribution in [0.2, 0.25) is 0 Å². The number of phenolic OH excluding ortho intramolecular Hbond substituents is 1. The summed E-state index contributed by atoms with van der Waals surface area (Å²) in [7, 11) is 0. The van der Waals surface area contributed by atoms with Crippen molar-refractivity contribution in [3.05, 3.63) is 143 Å². The lowest BCUT2D eigenvalue weighted by atomic mass is 9.77. The van der Waals surface area contributed by atoms with Crippen molar-refractivity contribution in [2.24, 2.45) is 0 Å². The van der Waals surface area contributed by atoms with Crippen LogP contribution >= 0.6 is 15.9 Å². The quantitative estimate of drug-likeness (QED) is 0.279. The predicted octanol–water partition coefficient (Wildman–Crippen LogP) is 6.86. The van der Waals surface area contributed by atoms with Gasteiger partial charge in [0.15, 0.2) is 0 Å². The molecule has 0 spiro atoms. The van der Waals surface area contributed by atoms with E-state index in [0.717, 1.165) is 21.2 Å². The Morgan fingerprint density at radius 2 is 1.19 bits per heavy atom. The summed E-state index contributed by atoms with van der Waals surface area (Å²) in [4.78, 5) is 4.71. The van der Waals surface area contributed by atoms with E-state index in [1.807, 2.05) is 42.9 Å². The minimum absolute atomic E-state index is 0.197. The first kappa shape index (κ1) is 20.3. The zero-order chi connectivity index (χ0) is 22.0. The summed E-state index contributed by atoms with van der Waals surface area (Å²) in [5.74, 6) is 0.197. The smallest absolute Gasteiger partial charge is 0.125 e. The van der Waals surface area contributed by atoms with Crippen LogP contribution in [0.5, 0.6) is 5.75 Å². The van der Waals surface area contributed by atoms with E-state index in [2.05, 4.69) is 93.3 Å². The Labute approximate surface area is 195 Å². The third-order valence-electron chi connectivity index (χ3n) is 5.78. The van der Waals surface area contributed by atoms with E-state index in [9.17, 15) is 5.11 Å². The highest BCUT2D eigenvalue weighted by Crippen LogP contribution is 2.42. The molecule has 5 rings (SSSR count). The van der Waals surface area contributed by atoms with Crippen LogP contribution in [-0.4, -0.2) is 14.7 Å². The van der Waals surface area contributed by atoms with Gasteiger partial charge in [0.25, 0.3) is 0 Å². The fraction of sp³-hybridized carbons (Fsp3) is 0.0357. The van der Waals surface area contributed by atoms with E-state index in [1.54, 1.807) is 6.07 Å². The molecule has 0 unspecified atom stereocenters. The van der Waals surface area contributed by atoms with Crippen LogP contribution < -0.4 is 0 Å². The fourth-order valence-electron chi connectivity index (χ4n) is 4.34. The van der Waals surface area contributed by atoms with Gasteiger partial charge in [0.2, 0.25) is 0 Å². The van der Waals surface area contributed by atoms with Gasteiger partial charge in [0.05, 0.1) is 12.0 Å². The lowest BCUT2D eigenvalue weighted by Crippen LogP contribution is -2.36. The minimum Gasteiger partial charge on any atom is -0.507 e. The molecular weight excluding hydrogens is 460 g/mol. The van der Waals surface area contributed by atoms with Crippen molar-refractivity contribution in [1.82, 2.24) is 9.55 Å². The van der Waals surface area contributed by atoms with Crippen LogP contribution in [0.1, 0.15) is 16.7 Å². The van der Waals surface area contributed by atoms with Gasteiger partial charge in [-0.15, -0.1) is 0 Å². The van der Waals surface area contributed by atoms with Crippen molar-refractivity contribution in [2.75, 3.05) is 0 Å². The molecule has 5 aromatic rings. The number of hydrogen-bond donors (Lipinski definition) is 1. The average molecular weight is 481 g/mol. The molecule has 0 bridgehead atoms. The molecule has 0 amide bonds. The maximum absolute atomic E-state index is 10.5. The maximum atomic E-state index is 10.5. The van der Waals surface area contributed by atoms with Crippen molar-refractivity contribution >= 4 is 15.9 Å². The lowest BCUT2D eigenvalue weighted by Gasteiger charge is -2.37. The van der Waals surface area contributed by atoms with Gasteiger partial charge in [-0.2, -0.15) is 0 Å².